The molecule has 1 aliphatic rings. The predicted octanol–water partition coefficient (Wildman–Crippen LogP) is 15.6. The highest BCUT2D eigenvalue weighted by Gasteiger charge is 2.22. The van der Waals surface area contributed by atoms with Gasteiger partial charge in [-0.15, -0.1) is 0 Å². The molecule has 0 saturated heterocycles. The van der Waals surface area contributed by atoms with Crippen molar-refractivity contribution in [1.82, 2.24) is 0 Å². The first-order valence-electron chi connectivity index (χ1n) is 18.9. The van der Waals surface area contributed by atoms with Crippen molar-refractivity contribution in [3.05, 3.63) is 181 Å². The van der Waals surface area contributed by atoms with Crippen LogP contribution in [0.5, 0.6) is 0 Å². The molecule has 0 nitrogen and oxygen atoms in total. The Morgan fingerprint density at radius 3 is 1.60 bits per heavy atom. The first-order valence-corrected chi connectivity index (χ1v) is 18.9. The second-order valence-electron chi connectivity index (χ2n) is 13.0. The van der Waals surface area contributed by atoms with Crippen molar-refractivity contribution in [2.45, 2.75) is 54.9 Å². The normalized spacial score (nSPS) is 11.3. The van der Waals surface area contributed by atoms with E-state index in [4.69, 9.17) is 0 Å². The molecule has 0 aliphatic heterocycles. The van der Waals surface area contributed by atoms with E-state index in [1.54, 1.807) is 6.08 Å². The van der Waals surface area contributed by atoms with Gasteiger partial charge in [0.1, 0.15) is 0 Å². The minimum Gasteiger partial charge on any atom is -0.0991 e. The fourth-order valence-electron chi connectivity index (χ4n) is 7.72. The molecule has 0 aromatic heterocycles. The molecule has 0 amide bonds. The minimum absolute atomic E-state index is 1.00. The van der Waals surface area contributed by atoms with Crippen LogP contribution in [0, 0.1) is 13.8 Å². The summed E-state index contributed by atoms with van der Waals surface area (Å²) in [6.45, 7) is 17.8. The molecule has 0 spiro atoms. The van der Waals surface area contributed by atoms with Crippen LogP contribution >= 0.6 is 0 Å². The first kappa shape index (κ1) is 36.1. The Morgan fingerprint density at radius 2 is 1.02 bits per heavy atom. The van der Waals surface area contributed by atoms with Gasteiger partial charge >= 0.3 is 0 Å². The topological polar surface area (TPSA) is 0 Å². The van der Waals surface area contributed by atoms with Gasteiger partial charge in [-0.2, -0.15) is 0 Å². The molecular formula is C52H50. The maximum atomic E-state index is 3.46. The van der Waals surface area contributed by atoms with Crippen molar-refractivity contribution < 1.29 is 0 Å². The average Bonchev–Trinajstić information content (AvgIpc) is 3.58. The van der Waals surface area contributed by atoms with Crippen LogP contribution in [0.2, 0.25) is 0 Å². The lowest BCUT2D eigenvalue weighted by atomic mass is 9.86. The van der Waals surface area contributed by atoms with E-state index in [2.05, 4.69) is 154 Å². The van der Waals surface area contributed by atoms with Crippen LogP contribution in [0.25, 0.3) is 76.8 Å². The van der Waals surface area contributed by atoms with Gasteiger partial charge in [-0.1, -0.05) is 192 Å². The zero-order valence-electron chi connectivity index (χ0n) is 31.8. The summed E-state index contributed by atoms with van der Waals surface area (Å²) in [7, 11) is 0. The number of rotatable bonds is 4. The number of allylic oxidation sites excluding steroid dienone is 3. The molecule has 52 heavy (non-hydrogen) atoms. The summed E-state index contributed by atoms with van der Waals surface area (Å²) in [5.74, 6) is 0. The van der Waals surface area contributed by atoms with Crippen molar-refractivity contribution in [3.63, 3.8) is 0 Å². The molecule has 0 heteroatoms. The SMILES string of the molecule is C=C/C=C\C.CC.CC.Cc1ccc(-c2ccc3ccc4c(-c5ccc(-c6cccc7c6Cc6ccccc6-7)c(C)c5)ccc5ccc2c3c54)cc1. The molecular weight excluding hydrogens is 625 g/mol. The summed E-state index contributed by atoms with van der Waals surface area (Å²) >= 11 is 0. The molecule has 1 aliphatic carbocycles. The van der Waals surface area contributed by atoms with Gasteiger partial charge in [-0.25, -0.2) is 0 Å². The van der Waals surface area contributed by atoms with Crippen molar-refractivity contribution in [2.75, 3.05) is 0 Å². The average molecular weight is 675 g/mol. The minimum atomic E-state index is 1.00. The smallest absolute Gasteiger partial charge is 0.000728 e. The van der Waals surface area contributed by atoms with Gasteiger partial charge < -0.3 is 0 Å². The van der Waals surface area contributed by atoms with E-state index in [0.717, 1.165) is 6.42 Å². The number of benzene rings is 8. The monoisotopic (exact) mass is 674 g/mol. The lowest BCUT2D eigenvalue weighted by Crippen LogP contribution is -1.92. The van der Waals surface area contributed by atoms with Gasteiger partial charge in [0.2, 0.25) is 0 Å². The van der Waals surface area contributed by atoms with E-state index >= 15 is 0 Å². The molecule has 0 unspecified atom stereocenters. The Balaban J connectivity index is 0.000000472. The Morgan fingerprint density at radius 1 is 0.500 bits per heavy atom. The van der Waals surface area contributed by atoms with E-state index in [-0.39, 0.29) is 0 Å². The first-order chi connectivity index (χ1) is 25.6. The third kappa shape index (κ3) is 6.58. The maximum absolute atomic E-state index is 3.46. The van der Waals surface area contributed by atoms with Gasteiger partial charge in [-0.05, 0) is 121 Å². The summed E-state index contributed by atoms with van der Waals surface area (Å²) in [4.78, 5) is 0. The second kappa shape index (κ2) is 16.1. The van der Waals surface area contributed by atoms with Crippen molar-refractivity contribution in [2.24, 2.45) is 0 Å². The van der Waals surface area contributed by atoms with E-state index in [9.17, 15) is 0 Å². The highest BCUT2D eigenvalue weighted by Crippen LogP contribution is 2.45. The van der Waals surface area contributed by atoms with E-state index in [1.165, 1.54) is 99.1 Å². The van der Waals surface area contributed by atoms with Gasteiger partial charge in [0, 0.05) is 0 Å². The summed E-state index contributed by atoms with van der Waals surface area (Å²) in [6, 6.07) is 50.1. The summed E-state index contributed by atoms with van der Waals surface area (Å²) in [5, 5.41) is 7.96. The van der Waals surface area contributed by atoms with Crippen LogP contribution in [0.4, 0.5) is 0 Å². The fourth-order valence-corrected chi connectivity index (χ4v) is 7.72. The Labute approximate surface area is 311 Å². The van der Waals surface area contributed by atoms with Gasteiger partial charge in [0.05, 0.1) is 0 Å². The third-order valence-electron chi connectivity index (χ3n) is 10.0. The number of fused-ring (bicyclic) bond motifs is 3. The zero-order chi connectivity index (χ0) is 36.8. The number of hydrogen-bond acceptors (Lipinski definition) is 0. The van der Waals surface area contributed by atoms with Crippen LogP contribution in [0.15, 0.2) is 158 Å². The Kier molecular flexibility index (Phi) is 11.2. The quantitative estimate of drug-likeness (QED) is 0.129. The molecule has 0 atom stereocenters. The molecule has 0 radical (unpaired) electrons. The molecule has 258 valence electrons. The van der Waals surface area contributed by atoms with Crippen LogP contribution in [0.3, 0.4) is 0 Å². The highest BCUT2D eigenvalue weighted by molar-refractivity contribution is 6.27. The largest absolute Gasteiger partial charge is 0.0991 e. The maximum Gasteiger partial charge on any atom is -0.000728 e. The molecule has 8 aromatic carbocycles. The van der Waals surface area contributed by atoms with Gasteiger partial charge in [-0.3, -0.25) is 0 Å². The molecule has 0 fully saturated rings. The van der Waals surface area contributed by atoms with Crippen LogP contribution in [0.1, 0.15) is 56.9 Å². The number of aryl methyl sites for hydroxylation is 2. The second-order valence-corrected chi connectivity index (χ2v) is 13.0. The standard InChI is InChI=1S/C43H30.C5H8.2C2H6/c1-26-10-12-28(13-11-26)35-20-14-29-17-23-40-36(21-15-30-16-22-39(35)42(29)43(30)40)32-18-19-33(27(2)24-32)37-8-5-9-38-34-7-4-3-6-31(34)25-41(37)38;1-3-5-4-2;2*1-2/h3-24H,25H2,1-2H3;3-5H,1H2,2H3;2*1-2H3/b;5-4-;;. The third-order valence-corrected chi connectivity index (χ3v) is 10.0. The molecule has 0 N–H and O–H groups in total. The lowest BCUT2D eigenvalue weighted by Gasteiger charge is -2.17. The van der Waals surface area contributed by atoms with Crippen LogP contribution < -0.4 is 0 Å². The molecule has 0 bridgehead atoms. The molecule has 0 heterocycles. The molecule has 0 saturated carbocycles. The van der Waals surface area contributed by atoms with Gasteiger partial charge in [0.25, 0.3) is 0 Å². The van der Waals surface area contributed by atoms with Gasteiger partial charge in [0.15, 0.2) is 0 Å². The fraction of sp³-hybridized carbons (Fsp3) is 0.154. The van der Waals surface area contributed by atoms with Crippen molar-refractivity contribution in [1.29, 1.82) is 0 Å². The van der Waals surface area contributed by atoms with E-state index in [0.29, 0.717) is 0 Å². The Bertz CT molecular complexity index is 2510. The van der Waals surface area contributed by atoms with Crippen LogP contribution in [-0.2, 0) is 6.42 Å². The zero-order valence-corrected chi connectivity index (χ0v) is 31.8. The summed E-state index contributed by atoms with van der Waals surface area (Å²) < 4.78 is 0. The highest BCUT2D eigenvalue weighted by atomic mass is 14.3. The Hall–Kier alpha value is -5.72. The lowest BCUT2D eigenvalue weighted by molar-refractivity contribution is 1.26. The van der Waals surface area contributed by atoms with Crippen LogP contribution in [-0.4, -0.2) is 0 Å². The molecule has 8 aromatic rings. The van der Waals surface area contributed by atoms with E-state index in [1.807, 2.05) is 46.8 Å². The van der Waals surface area contributed by atoms with E-state index < -0.39 is 0 Å². The summed E-state index contributed by atoms with van der Waals surface area (Å²) in [6.07, 6.45) is 6.58. The summed E-state index contributed by atoms with van der Waals surface area (Å²) in [5.41, 5.74) is 16.1. The van der Waals surface area contributed by atoms with Crippen molar-refractivity contribution >= 4 is 32.3 Å². The van der Waals surface area contributed by atoms with Crippen molar-refractivity contribution in [3.8, 4) is 44.5 Å². The predicted molar refractivity (Wildman–Crippen MR) is 232 cm³/mol. The number of hydrogen-bond donors (Lipinski definition) is 0. The molecule has 9 rings (SSSR count).